The molecule has 0 aliphatic heterocycles. The fourth-order valence-electron chi connectivity index (χ4n) is 4.01. The van der Waals surface area contributed by atoms with Gasteiger partial charge in [0.05, 0.1) is 6.61 Å². The molecule has 0 rings (SSSR count). The van der Waals surface area contributed by atoms with Crippen molar-refractivity contribution in [3.63, 3.8) is 0 Å². The number of ether oxygens (including phenoxy) is 1. The first kappa shape index (κ1) is 34.4. The predicted molar refractivity (Wildman–Crippen MR) is 145 cm³/mol. The van der Waals surface area contributed by atoms with Crippen molar-refractivity contribution in [3.8, 4) is 0 Å². The van der Waals surface area contributed by atoms with Crippen LogP contribution in [0.1, 0.15) is 162 Å². The van der Waals surface area contributed by atoms with Gasteiger partial charge < -0.3 is 4.74 Å². The van der Waals surface area contributed by atoms with Crippen molar-refractivity contribution in [3.05, 3.63) is 12.2 Å². The van der Waals surface area contributed by atoms with E-state index in [-0.39, 0.29) is 35.5 Å². The van der Waals surface area contributed by atoms with E-state index in [4.69, 9.17) is 4.74 Å². The van der Waals surface area contributed by atoms with E-state index in [2.05, 4.69) is 26.0 Å². The minimum atomic E-state index is 0. The van der Waals surface area contributed by atoms with Gasteiger partial charge in [0.1, 0.15) is 0 Å². The van der Waals surface area contributed by atoms with Crippen molar-refractivity contribution in [1.29, 1.82) is 0 Å². The third-order valence-electron chi connectivity index (χ3n) is 6.15. The van der Waals surface area contributed by atoms with Crippen LogP contribution in [0.2, 0.25) is 0 Å². The van der Waals surface area contributed by atoms with Crippen LogP contribution in [-0.2, 0) is 9.53 Å². The zero-order chi connectivity index (χ0) is 22.7. The maximum atomic E-state index is 11.7. The molecule has 0 spiro atoms. The van der Waals surface area contributed by atoms with Gasteiger partial charge in [-0.2, -0.15) is 0 Å². The second-order valence-electron chi connectivity index (χ2n) is 9.38. The quantitative estimate of drug-likeness (QED) is 0.0587. The number of rotatable bonds is 25. The van der Waals surface area contributed by atoms with Crippen LogP contribution < -0.4 is 0 Å². The van der Waals surface area contributed by atoms with Gasteiger partial charge in [0.25, 0.3) is 0 Å². The van der Waals surface area contributed by atoms with Crippen LogP contribution >= 0.6 is 0 Å². The first-order chi connectivity index (χ1) is 15.3. The second kappa shape index (κ2) is 31.2. The van der Waals surface area contributed by atoms with E-state index in [1.807, 2.05) is 0 Å². The summed E-state index contributed by atoms with van der Waals surface area (Å²) in [6.45, 7) is 5.12. The Balaban J connectivity index is 0. The van der Waals surface area contributed by atoms with Crippen LogP contribution in [0.25, 0.3) is 0 Å². The number of esters is 1. The van der Waals surface area contributed by atoms with E-state index in [9.17, 15) is 4.79 Å². The Labute approximate surface area is 224 Å². The zero-order valence-corrected chi connectivity index (χ0v) is 21.4. The Morgan fingerprint density at radius 1 is 0.531 bits per heavy atom. The molecule has 0 aliphatic rings. The predicted octanol–water partition coefficient (Wildman–Crippen LogP) is 9.45. The van der Waals surface area contributed by atoms with E-state index >= 15 is 0 Å². The zero-order valence-electron chi connectivity index (χ0n) is 21.4. The van der Waals surface area contributed by atoms with Crippen LogP contribution in [0, 0.1) is 0 Å². The number of hydrogen-bond acceptors (Lipinski definition) is 2. The van der Waals surface area contributed by atoms with Crippen molar-refractivity contribution in [2.24, 2.45) is 0 Å². The molecule has 0 heterocycles. The van der Waals surface area contributed by atoms with E-state index in [0.717, 1.165) is 12.8 Å². The second-order valence-corrected chi connectivity index (χ2v) is 9.38. The molecule has 0 fully saturated rings. The van der Waals surface area contributed by atoms with Gasteiger partial charge in [-0.1, -0.05) is 129 Å². The van der Waals surface area contributed by atoms with Gasteiger partial charge >= 0.3 is 35.5 Å². The Bertz CT molecular complexity index is 381. The number of allylic oxidation sites excluding steroid dienone is 2. The van der Waals surface area contributed by atoms with Gasteiger partial charge in [0.15, 0.2) is 0 Å². The number of hydrogen-bond donors (Lipinski definition) is 0. The molecule has 0 atom stereocenters. The van der Waals surface area contributed by atoms with Gasteiger partial charge in [-0.25, -0.2) is 0 Å². The summed E-state index contributed by atoms with van der Waals surface area (Å²) in [6.07, 6.45) is 34.0. The van der Waals surface area contributed by atoms with Crippen LogP contribution in [0.3, 0.4) is 0 Å². The molecule has 0 aromatic heterocycles. The van der Waals surface area contributed by atoms with E-state index in [0.29, 0.717) is 13.0 Å². The molecule has 32 heavy (non-hydrogen) atoms. The molecule has 0 bridgehead atoms. The molecule has 0 aromatic rings. The monoisotopic (exact) mass is 460 g/mol. The van der Waals surface area contributed by atoms with Gasteiger partial charge in [-0.05, 0) is 38.5 Å². The molecule has 0 N–H and O–H groups in total. The maximum absolute atomic E-state index is 11.7. The van der Waals surface area contributed by atoms with E-state index in [1.54, 1.807) is 0 Å². The average molecular weight is 461 g/mol. The first-order valence-corrected chi connectivity index (χ1v) is 14.1. The van der Waals surface area contributed by atoms with Crippen LogP contribution in [0.15, 0.2) is 12.2 Å². The molecule has 0 saturated carbocycles. The van der Waals surface area contributed by atoms with Crippen LogP contribution in [-0.4, -0.2) is 42.1 Å². The fourth-order valence-corrected chi connectivity index (χ4v) is 4.01. The van der Waals surface area contributed by atoms with Gasteiger partial charge in [0.2, 0.25) is 0 Å². The molecular formula is C29H57NaO2. The Kier molecular flexibility index (Phi) is 33.5. The van der Waals surface area contributed by atoms with Crippen molar-refractivity contribution in [1.82, 2.24) is 0 Å². The molecule has 0 amide bonds. The molecule has 0 radical (unpaired) electrons. The average Bonchev–Trinajstić information content (AvgIpc) is 2.77. The standard InChI is InChI=1S/C29H56O2.Na.H/c1-3-5-7-9-10-11-12-13-14-15-16-17-18-19-20-21-22-23-25-27-29(30)31-28-26-24-8-6-4-2;;/h13-14H,3-12,15-28H2,1-2H3;;/b14-13-;;. The third-order valence-corrected chi connectivity index (χ3v) is 6.15. The fraction of sp³-hybridized carbons (Fsp3) is 0.897. The summed E-state index contributed by atoms with van der Waals surface area (Å²) in [5.41, 5.74) is 0. The normalized spacial score (nSPS) is 11.1. The van der Waals surface area contributed by atoms with E-state index < -0.39 is 0 Å². The molecule has 186 valence electrons. The minimum absolute atomic E-state index is 0. The molecule has 0 unspecified atom stereocenters. The van der Waals surface area contributed by atoms with Crippen molar-refractivity contribution >= 4 is 35.5 Å². The van der Waals surface area contributed by atoms with Gasteiger partial charge in [0, 0.05) is 6.42 Å². The molecule has 0 aromatic carbocycles. The summed E-state index contributed by atoms with van der Waals surface area (Å²) in [5, 5.41) is 0. The van der Waals surface area contributed by atoms with E-state index in [1.165, 1.54) is 128 Å². The molecule has 0 saturated heterocycles. The Hall–Kier alpha value is 0.210. The van der Waals surface area contributed by atoms with Gasteiger partial charge in [-0.3, -0.25) is 4.79 Å². The third kappa shape index (κ3) is 30.2. The molecule has 3 heteroatoms. The molecule has 0 aliphatic carbocycles. The first-order valence-electron chi connectivity index (χ1n) is 14.1. The van der Waals surface area contributed by atoms with Crippen LogP contribution in [0.5, 0.6) is 0 Å². The topological polar surface area (TPSA) is 26.3 Å². The van der Waals surface area contributed by atoms with Crippen molar-refractivity contribution in [2.45, 2.75) is 162 Å². The molecular weight excluding hydrogens is 403 g/mol. The summed E-state index contributed by atoms with van der Waals surface area (Å²) in [6, 6.07) is 0. The summed E-state index contributed by atoms with van der Waals surface area (Å²) in [4.78, 5) is 11.7. The van der Waals surface area contributed by atoms with Crippen molar-refractivity contribution < 1.29 is 9.53 Å². The summed E-state index contributed by atoms with van der Waals surface area (Å²) in [7, 11) is 0. The number of carbonyl (C=O) groups excluding carboxylic acids is 1. The summed E-state index contributed by atoms with van der Waals surface area (Å²) < 4.78 is 5.32. The van der Waals surface area contributed by atoms with Crippen molar-refractivity contribution in [2.75, 3.05) is 6.61 Å². The summed E-state index contributed by atoms with van der Waals surface area (Å²) >= 11 is 0. The molecule has 2 nitrogen and oxygen atoms in total. The summed E-state index contributed by atoms with van der Waals surface area (Å²) in [5.74, 6) is 0.0107. The SMILES string of the molecule is CCCCCCCC/C=C\CCCCCCCCCCCC(=O)OCCCCCCC.[NaH]. The Morgan fingerprint density at radius 2 is 0.906 bits per heavy atom. The number of carbonyl (C=O) groups is 1. The Morgan fingerprint density at radius 3 is 1.38 bits per heavy atom. The van der Waals surface area contributed by atoms with Gasteiger partial charge in [-0.15, -0.1) is 0 Å². The van der Waals surface area contributed by atoms with Crippen LogP contribution in [0.4, 0.5) is 0 Å². The number of unbranched alkanes of at least 4 members (excludes halogenated alkanes) is 19.